The van der Waals surface area contributed by atoms with Gasteiger partial charge in [0.2, 0.25) is 10.0 Å². The minimum atomic E-state index is -3.48. The summed E-state index contributed by atoms with van der Waals surface area (Å²) >= 11 is 0. The van der Waals surface area contributed by atoms with E-state index in [1.807, 2.05) is 0 Å². The lowest BCUT2D eigenvalue weighted by molar-refractivity contribution is -0.119. The number of rotatable bonds is 5. The van der Waals surface area contributed by atoms with Gasteiger partial charge in [0.1, 0.15) is 5.78 Å². The summed E-state index contributed by atoms with van der Waals surface area (Å²) in [5.74, 6) is 0.295. The van der Waals surface area contributed by atoms with Crippen molar-refractivity contribution >= 4 is 15.8 Å². The van der Waals surface area contributed by atoms with Gasteiger partial charge in [-0.1, -0.05) is 18.2 Å². The summed E-state index contributed by atoms with van der Waals surface area (Å²) in [6.45, 7) is 0. The summed E-state index contributed by atoms with van der Waals surface area (Å²) in [4.78, 5) is 11.9. The second-order valence-corrected chi connectivity index (χ2v) is 6.09. The standard InChI is InChI=1S/C12H15NO3S/c1-13-17(15,16)12-5-3-2-4-10(12)8-11(14)9-6-7-9/h2-5,9,13H,6-8H2,1H3. The molecule has 1 saturated carbocycles. The van der Waals surface area contributed by atoms with E-state index in [1.165, 1.54) is 13.1 Å². The topological polar surface area (TPSA) is 63.2 Å². The molecular weight excluding hydrogens is 238 g/mol. The molecule has 0 aromatic heterocycles. The van der Waals surface area contributed by atoms with E-state index in [-0.39, 0.29) is 23.0 Å². The van der Waals surface area contributed by atoms with Crippen molar-refractivity contribution in [1.29, 1.82) is 0 Å². The van der Waals surface area contributed by atoms with E-state index in [2.05, 4.69) is 4.72 Å². The molecule has 0 amide bonds. The fourth-order valence-electron chi connectivity index (χ4n) is 1.76. The van der Waals surface area contributed by atoms with Crippen LogP contribution in [0.4, 0.5) is 0 Å². The molecule has 92 valence electrons. The number of hydrogen-bond donors (Lipinski definition) is 1. The first-order chi connectivity index (χ1) is 8.04. The number of hydrogen-bond acceptors (Lipinski definition) is 3. The molecule has 0 radical (unpaired) electrons. The van der Waals surface area contributed by atoms with Gasteiger partial charge in [-0.05, 0) is 31.5 Å². The molecule has 0 bridgehead atoms. The van der Waals surface area contributed by atoms with Crippen LogP contribution in [0.5, 0.6) is 0 Å². The van der Waals surface area contributed by atoms with Crippen LogP contribution in [0.2, 0.25) is 0 Å². The Morgan fingerprint density at radius 2 is 2.00 bits per heavy atom. The second-order valence-electron chi connectivity index (χ2n) is 4.23. The maximum Gasteiger partial charge on any atom is 0.240 e. The Hall–Kier alpha value is -1.20. The quantitative estimate of drug-likeness (QED) is 0.855. The molecule has 1 aromatic carbocycles. The highest BCUT2D eigenvalue weighted by Crippen LogP contribution is 2.31. The van der Waals surface area contributed by atoms with Crippen LogP contribution in [-0.4, -0.2) is 21.2 Å². The third-order valence-electron chi connectivity index (χ3n) is 2.93. The average Bonchev–Trinajstić information content (AvgIpc) is 3.13. The molecule has 1 aromatic rings. The molecule has 0 aliphatic heterocycles. The second kappa shape index (κ2) is 4.58. The molecule has 1 N–H and O–H groups in total. The lowest BCUT2D eigenvalue weighted by atomic mass is 10.1. The molecule has 4 nitrogen and oxygen atoms in total. The van der Waals surface area contributed by atoms with Crippen LogP contribution in [-0.2, 0) is 21.2 Å². The zero-order valence-electron chi connectivity index (χ0n) is 9.64. The third kappa shape index (κ3) is 2.73. The van der Waals surface area contributed by atoms with Gasteiger partial charge < -0.3 is 0 Å². The Morgan fingerprint density at radius 1 is 1.35 bits per heavy atom. The lowest BCUT2D eigenvalue weighted by Gasteiger charge is -2.08. The van der Waals surface area contributed by atoms with Gasteiger partial charge in [0.25, 0.3) is 0 Å². The molecule has 0 atom stereocenters. The number of carbonyl (C=O) groups excluding carboxylic acids is 1. The van der Waals surface area contributed by atoms with Gasteiger partial charge >= 0.3 is 0 Å². The molecule has 1 aliphatic carbocycles. The van der Waals surface area contributed by atoms with Crippen molar-refractivity contribution in [2.75, 3.05) is 7.05 Å². The van der Waals surface area contributed by atoms with Gasteiger partial charge in [-0.3, -0.25) is 4.79 Å². The van der Waals surface area contributed by atoms with Crippen molar-refractivity contribution in [3.05, 3.63) is 29.8 Å². The predicted octanol–water partition coefficient (Wildman–Crippen LogP) is 1.12. The maximum absolute atomic E-state index is 11.8. The smallest absolute Gasteiger partial charge is 0.240 e. The number of carbonyl (C=O) groups is 1. The molecular formula is C12H15NO3S. The van der Waals surface area contributed by atoms with Gasteiger partial charge in [0.15, 0.2) is 0 Å². The van der Waals surface area contributed by atoms with E-state index in [0.717, 1.165) is 12.8 Å². The molecule has 0 heterocycles. The van der Waals surface area contributed by atoms with Crippen LogP contribution >= 0.6 is 0 Å². The van der Waals surface area contributed by atoms with Crippen molar-refractivity contribution in [3.63, 3.8) is 0 Å². The van der Waals surface area contributed by atoms with Gasteiger partial charge in [0, 0.05) is 12.3 Å². The average molecular weight is 253 g/mol. The van der Waals surface area contributed by atoms with E-state index in [1.54, 1.807) is 18.2 Å². The summed E-state index contributed by atoms with van der Waals surface area (Å²) in [5, 5.41) is 0. The number of ketones is 1. The van der Waals surface area contributed by atoms with Crippen molar-refractivity contribution in [2.45, 2.75) is 24.2 Å². The SMILES string of the molecule is CNS(=O)(=O)c1ccccc1CC(=O)C1CC1. The minimum absolute atomic E-state index is 0.142. The summed E-state index contributed by atoms with van der Waals surface area (Å²) in [7, 11) is -2.11. The van der Waals surface area contributed by atoms with Gasteiger partial charge in [-0.25, -0.2) is 13.1 Å². The highest BCUT2D eigenvalue weighted by molar-refractivity contribution is 7.89. The summed E-state index contributed by atoms with van der Waals surface area (Å²) in [6, 6.07) is 6.64. The fraction of sp³-hybridized carbons (Fsp3) is 0.417. The predicted molar refractivity (Wildman–Crippen MR) is 64.1 cm³/mol. The fourth-order valence-corrected chi connectivity index (χ4v) is 2.72. The van der Waals surface area contributed by atoms with Gasteiger partial charge in [-0.2, -0.15) is 0 Å². The number of Topliss-reactive ketones (excluding diaryl/α,β-unsaturated/α-hetero) is 1. The number of nitrogens with one attached hydrogen (secondary N) is 1. The molecule has 1 fully saturated rings. The molecule has 5 heteroatoms. The molecule has 2 rings (SSSR count). The molecule has 1 aliphatic rings. The van der Waals surface area contributed by atoms with Crippen LogP contribution < -0.4 is 4.72 Å². The van der Waals surface area contributed by atoms with Crippen LogP contribution in [0.15, 0.2) is 29.2 Å². The molecule has 17 heavy (non-hydrogen) atoms. The number of sulfonamides is 1. The normalized spacial score (nSPS) is 15.8. The summed E-state index contributed by atoms with van der Waals surface area (Å²) < 4.78 is 25.8. The summed E-state index contributed by atoms with van der Waals surface area (Å²) in [5.41, 5.74) is 0.582. The highest BCUT2D eigenvalue weighted by Gasteiger charge is 2.30. The monoisotopic (exact) mass is 253 g/mol. The van der Waals surface area contributed by atoms with Gasteiger partial charge in [-0.15, -0.1) is 0 Å². The Kier molecular flexibility index (Phi) is 3.31. The van der Waals surface area contributed by atoms with Crippen molar-refractivity contribution in [3.8, 4) is 0 Å². The largest absolute Gasteiger partial charge is 0.299 e. The van der Waals surface area contributed by atoms with Crippen molar-refractivity contribution in [2.24, 2.45) is 5.92 Å². The van der Waals surface area contributed by atoms with Crippen LogP contribution in [0.1, 0.15) is 18.4 Å². The van der Waals surface area contributed by atoms with Crippen LogP contribution in [0, 0.1) is 5.92 Å². The maximum atomic E-state index is 11.8. The highest BCUT2D eigenvalue weighted by atomic mass is 32.2. The Morgan fingerprint density at radius 3 is 2.59 bits per heavy atom. The first kappa shape index (κ1) is 12.3. The van der Waals surface area contributed by atoms with E-state index in [0.29, 0.717) is 5.56 Å². The first-order valence-corrected chi connectivity index (χ1v) is 7.07. The number of benzene rings is 1. The zero-order chi connectivity index (χ0) is 12.5. The van der Waals surface area contributed by atoms with Crippen molar-refractivity contribution in [1.82, 2.24) is 4.72 Å². The molecule has 0 saturated heterocycles. The van der Waals surface area contributed by atoms with E-state index < -0.39 is 10.0 Å². The van der Waals surface area contributed by atoms with Gasteiger partial charge in [0.05, 0.1) is 4.90 Å². The Bertz CT molecular complexity index is 532. The zero-order valence-corrected chi connectivity index (χ0v) is 10.5. The lowest BCUT2D eigenvalue weighted by Crippen LogP contribution is -2.21. The third-order valence-corrected chi connectivity index (χ3v) is 4.44. The molecule has 0 unspecified atom stereocenters. The van der Waals surface area contributed by atoms with Crippen LogP contribution in [0.25, 0.3) is 0 Å². The van der Waals surface area contributed by atoms with E-state index >= 15 is 0 Å². The summed E-state index contributed by atoms with van der Waals surface area (Å²) in [6.07, 6.45) is 2.10. The van der Waals surface area contributed by atoms with E-state index in [4.69, 9.17) is 0 Å². The first-order valence-electron chi connectivity index (χ1n) is 5.59. The van der Waals surface area contributed by atoms with E-state index in [9.17, 15) is 13.2 Å². The minimum Gasteiger partial charge on any atom is -0.299 e. The van der Waals surface area contributed by atoms with Crippen molar-refractivity contribution < 1.29 is 13.2 Å². The Labute approximate surface area is 101 Å². The molecule has 0 spiro atoms. The van der Waals surface area contributed by atoms with Crippen LogP contribution in [0.3, 0.4) is 0 Å². The Balaban J connectivity index is 2.30.